The summed E-state index contributed by atoms with van der Waals surface area (Å²) in [5.74, 6) is 0. The number of nitrogens with zero attached hydrogens (tertiary/aromatic N) is 3. The molecule has 4 rings (SSSR count). The first-order valence-corrected chi connectivity index (χ1v) is 11.7. The van der Waals surface area contributed by atoms with Crippen molar-refractivity contribution in [2.24, 2.45) is 0 Å². The Hall–Kier alpha value is -2.41. The van der Waals surface area contributed by atoms with Crippen LogP contribution < -0.4 is 10.2 Å². The molecule has 13 heteroatoms. The number of benzene rings is 2. The third kappa shape index (κ3) is 4.27. The summed E-state index contributed by atoms with van der Waals surface area (Å²) in [4.78, 5) is 1.36. The number of H-pyrrole nitrogens is 1. The summed E-state index contributed by atoms with van der Waals surface area (Å²) in [6.45, 7) is 2.61. The van der Waals surface area contributed by atoms with Gasteiger partial charge in [-0.3, -0.25) is 9.67 Å². The van der Waals surface area contributed by atoms with E-state index in [1.165, 1.54) is 18.5 Å². The van der Waals surface area contributed by atoms with Gasteiger partial charge >= 0.3 is 6.18 Å². The molecule has 7 nitrogen and oxygen atoms in total. The van der Waals surface area contributed by atoms with E-state index in [4.69, 9.17) is 23.8 Å². The zero-order valence-corrected chi connectivity index (χ0v) is 18.7. The largest absolute Gasteiger partial charge is 0.417 e. The Balaban J connectivity index is 1.85. The van der Waals surface area contributed by atoms with Crippen molar-refractivity contribution < 1.29 is 21.6 Å². The maximum Gasteiger partial charge on any atom is 0.417 e. The van der Waals surface area contributed by atoms with Crippen molar-refractivity contribution in [3.8, 4) is 5.69 Å². The first kappa shape index (κ1) is 22.8. The summed E-state index contributed by atoms with van der Waals surface area (Å²) in [5, 5.41) is 9.22. The van der Waals surface area contributed by atoms with Gasteiger partial charge in [-0.2, -0.15) is 18.3 Å². The van der Waals surface area contributed by atoms with E-state index in [1.54, 1.807) is 10.6 Å². The molecule has 170 valence electrons. The standard InChI is InChI=1S/C19H17ClF3N5O2S2/c20-15-3-1-12(9-14(15)19(21,22)23)32(29,30)13-2-4-16(28-11-25-26-18(28)31)17(10-13)27-7-5-24-6-8-27/h1-4,9-11,24H,5-8H2,(H,26,31). The van der Waals surface area contributed by atoms with Crippen LogP contribution in [0.3, 0.4) is 0 Å². The molecule has 0 saturated carbocycles. The summed E-state index contributed by atoms with van der Waals surface area (Å²) in [7, 11) is -4.26. The zero-order valence-electron chi connectivity index (χ0n) is 16.4. The van der Waals surface area contributed by atoms with Crippen LogP contribution in [0.15, 0.2) is 52.5 Å². The average molecular weight is 504 g/mol. The third-order valence-corrected chi connectivity index (χ3v) is 7.45. The third-order valence-electron chi connectivity index (χ3n) is 5.08. The first-order chi connectivity index (χ1) is 15.1. The monoisotopic (exact) mass is 503 g/mol. The lowest BCUT2D eigenvalue weighted by Gasteiger charge is -2.31. The number of hydrogen-bond acceptors (Lipinski definition) is 6. The fraction of sp³-hybridized carbons (Fsp3) is 0.263. The van der Waals surface area contributed by atoms with Gasteiger partial charge in [-0.1, -0.05) is 11.6 Å². The molecule has 3 aromatic rings. The molecule has 2 heterocycles. The Morgan fingerprint density at radius 2 is 1.69 bits per heavy atom. The highest BCUT2D eigenvalue weighted by atomic mass is 35.5. The summed E-state index contributed by atoms with van der Waals surface area (Å²) >= 11 is 10.9. The van der Waals surface area contributed by atoms with E-state index >= 15 is 0 Å². The normalized spacial score (nSPS) is 15.2. The van der Waals surface area contributed by atoms with E-state index in [-0.39, 0.29) is 4.90 Å². The van der Waals surface area contributed by atoms with Gasteiger partial charge in [0.15, 0.2) is 4.77 Å². The number of sulfone groups is 1. The summed E-state index contributed by atoms with van der Waals surface area (Å²) < 4.78 is 68.2. The fourth-order valence-corrected chi connectivity index (χ4v) is 5.21. The minimum Gasteiger partial charge on any atom is -0.367 e. The summed E-state index contributed by atoms with van der Waals surface area (Å²) in [6.07, 6.45) is -3.30. The molecule has 0 aliphatic carbocycles. The van der Waals surface area contributed by atoms with Crippen LogP contribution in [0.2, 0.25) is 5.02 Å². The number of alkyl halides is 3. The minimum absolute atomic E-state index is 0.139. The Morgan fingerprint density at radius 1 is 1.03 bits per heavy atom. The van der Waals surface area contributed by atoms with Crippen molar-refractivity contribution in [3.63, 3.8) is 0 Å². The zero-order chi connectivity index (χ0) is 23.1. The molecule has 1 aliphatic heterocycles. The molecule has 0 radical (unpaired) electrons. The van der Waals surface area contributed by atoms with E-state index in [0.717, 1.165) is 12.1 Å². The molecule has 0 spiro atoms. The van der Waals surface area contributed by atoms with Crippen LogP contribution in [-0.4, -0.2) is 49.4 Å². The second-order valence-corrected chi connectivity index (χ2v) is 9.81. The molecule has 1 aromatic heterocycles. The van der Waals surface area contributed by atoms with Crippen LogP contribution >= 0.6 is 23.8 Å². The molecule has 0 bridgehead atoms. The van der Waals surface area contributed by atoms with Gasteiger partial charge in [0, 0.05) is 26.2 Å². The number of nitrogens with one attached hydrogen (secondary N) is 2. The molecule has 0 amide bonds. The minimum atomic E-state index is -4.78. The molecule has 0 atom stereocenters. The van der Waals surface area contributed by atoms with Crippen molar-refractivity contribution in [3.05, 3.63) is 58.1 Å². The lowest BCUT2D eigenvalue weighted by molar-refractivity contribution is -0.137. The van der Waals surface area contributed by atoms with Gasteiger partial charge in [-0.15, -0.1) is 0 Å². The molecule has 0 unspecified atom stereocenters. The van der Waals surface area contributed by atoms with Crippen LogP contribution in [-0.2, 0) is 16.0 Å². The predicted molar refractivity (Wildman–Crippen MR) is 116 cm³/mol. The van der Waals surface area contributed by atoms with Gasteiger partial charge in [0.1, 0.15) is 6.33 Å². The SMILES string of the molecule is O=S(=O)(c1ccc(-n2cn[nH]c2=S)c(N2CCNCC2)c1)c1ccc(Cl)c(C(F)(F)F)c1. The smallest absolute Gasteiger partial charge is 0.367 e. The molecular weight excluding hydrogens is 487 g/mol. The quantitative estimate of drug-likeness (QED) is 0.526. The number of anilines is 1. The summed E-state index contributed by atoms with van der Waals surface area (Å²) in [6, 6.07) is 6.92. The average Bonchev–Trinajstić information content (AvgIpc) is 3.19. The topological polar surface area (TPSA) is 83.0 Å². The molecule has 1 fully saturated rings. The lowest BCUT2D eigenvalue weighted by Crippen LogP contribution is -2.44. The van der Waals surface area contributed by atoms with Gasteiger partial charge in [-0.05, 0) is 48.6 Å². The summed E-state index contributed by atoms with van der Waals surface area (Å²) in [5.41, 5.74) is -0.0179. The van der Waals surface area contributed by atoms with Crippen molar-refractivity contribution in [2.45, 2.75) is 16.0 Å². The number of aromatic amines is 1. The van der Waals surface area contributed by atoms with Crippen LogP contribution in [0.4, 0.5) is 18.9 Å². The number of hydrogen-bond donors (Lipinski definition) is 2. The predicted octanol–water partition coefficient (Wildman–Crippen LogP) is 3.84. The van der Waals surface area contributed by atoms with Crippen LogP contribution in [0.25, 0.3) is 5.69 Å². The Bertz CT molecular complexity index is 1310. The fourth-order valence-electron chi connectivity index (χ4n) is 3.48. The Morgan fingerprint density at radius 3 is 2.31 bits per heavy atom. The van der Waals surface area contributed by atoms with Crippen molar-refractivity contribution in [2.75, 3.05) is 31.1 Å². The molecule has 2 N–H and O–H groups in total. The maximum atomic E-state index is 13.3. The highest BCUT2D eigenvalue weighted by molar-refractivity contribution is 7.91. The van der Waals surface area contributed by atoms with E-state index in [2.05, 4.69) is 15.5 Å². The molecule has 1 aliphatic rings. The van der Waals surface area contributed by atoms with Gasteiger partial charge in [0.2, 0.25) is 9.84 Å². The van der Waals surface area contributed by atoms with Crippen LogP contribution in [0.1, 0.15) is 5.56 Å². The number of piperazine rings is 1. The molecule has 32 heavy (non-hydrogen) atoms. The molecular formula is C19H17ClF3N5O2S2. The van der Waals surface area contributed by atoms with Crippen molar-refractivity contribution >= 4 is 39.3 Å². The van der Waals surface area contributed by atoms with Crippen molar-refractivity contribution in [1.29, 1.82) is 0 Å². The van der Waals surface area contributed by atoms with E-state index in [1.807, 2.05) is 4.90 Å². The van der Waals surface area contributed by atoms with Gasteiger partial charge in [0.25, 0.3) is 0 Å². The van der Waals surface area contributed by atoms with Crippen LogP contribution in [0.5, 0.6) is 0 Å². The lowest BCUT2D eigenvalue weighted by atomic mass is 10.2. The maximum absolute atomic E-state index is 13.3. The van der Waals surface area contributed by atoms with Gasteiger partial charge < -0.3 is 10.2 Å². The molecule has 2 aromatic carbocycles. The first-order valence-electron chi connectivity index (χ1n) is 9.43. The number of rotatable bonds is 4. The van der Waals surface area contributed by atoms with Gasteiger partial charge in [0.05, 0.1) is 31.8 Å². The highest BCUT2D eigenvalue weighted by Crippen LogP contribution is 2.38. The van der Waals surface area contributed by atoms with Gasteiger partial charge in [-0.25, -0.2) is 8.42 Å². The Labute approximate surface area is 191 Å². The van der Waals surface area contributed by atoms with E-state index < -0.39 is 31.5 Å². The van der Waals surface area contributed by atoms with E-state index in [9.17, 15) is 21.6 Å². The number of halogens is 4. The Kier molecular flexibility index (Phi) is 6.05. The number of aromatic nitrogens is 3. The second-order valence-electron chi connectivity index (χ2n) is 7.06. The van der Waals surface area contributed by atoms with E-state index in [0.29, 0.717) is 48.4 Å². The highest BCUT2D eigenvalue weighted by Gasteiger charge is 2.35. The van der Waals surface area contributed by atoms with Crippen molar-refractivity contribution in [1.82, 2.24) is 20.1 Å². The second kappa shape index (κ2) is 8.50. The molecule has 1 saturated heterocycles. The van der Waals surface area contributed by atoms with Crippen LogP contribution in [0, 0.1) is 4.77 Å².